The summed E-state index contributed by atoms with van der Waals surface area (Å²) in [5.41, 5.74) is 0.313. The Morgan fingerprint density at radius 1 is 1.22 bits per heavy atom. The molecule has 0 saturated carbocycles. The molecule has 0 spiro atoms. The summed E-state index contributed by atoms with van der Waals surface area (Å²) >= 11 is 4.12. The summed E-state index contributed by atoms with van der Waals surface area (Å²) in [6, 6.07) is 3.48. The number of nitrogens with one attached hydrogen (secondary N) is 1. The molecule has 3 N–H and O–H groups in total. The molecule has 4 nitrogen and oxygen atoms in total. The van der Waals surface area contributed by atoms with Crippen molar-refractivity contribution in [1.29, 1.82) is 0 Å². The van der Waals surface area contributed by atoms with E-state index in [4.69, 9.17) is 5.11 Å². The van der Waals surface area contributed by atoms with Gasteiger partial charge in [0.1, 0.15) is 5.75 Å². The zero-order valence-electron chi connectivity index (χ0n) is 9.75. The number of benzene rings is 1. The van der Waals surface area contributed by atoms with E-state index in [9.17, 15) is 9.90 Å². The van der Waals surface area contributed by atoms with Gasteiger partial charge in [-0.25, -0.2) is 0 Å². The molecule has 0 unspecified atom stereocenters. The first-order chi connectivity index (χ1) is 8.56. The Hall–Kier alpha value is -0.0900. The predicted octanol–water partition coefficient (Wildman–Crippen LogP) is 2.49. The van der Waals surface area contributed by atoms with Crippen molar-refractivity contribution in [3.8, 4) is 5.75 Å². The van der Waals surface area contributed by atoms with Crippen molar-refractivity contribution in [2.45, 2.75) is 19.3 Å². The number of carbonyl (C=O) groups excluding carboxylic acids is 1. The fraction of sp³-hybridized carbons (Fsp3) is 0.417. The molecular weight excluding hydrogens is 460 g/mol. The number of carbonyl (C=O) groups is 1. The van der Waals surface area contributed by atoms with Gasteiger partial charge in [0, 0.05) is 16.7 Å². The molecule has 6 heteroatoms. The van der Waals surface area contributed by atoms with Crippen LogP contribution < -0.4 is 5.32 Å². The van der Waals surface area contributed by atoms with Crippen molar-refractivity contribution in [2.75, 3.05) is 13.2 Å². The molecule has 0 radical (unpaired) electrons. The third kappa shape index (κ3) is 4.88. The second-order valence-corrected chi connectivity index (χ2v) is 6.23. The Morgan fingerprint density at radius 2 is 1.94 bits per heavy atom. The van der Waals surface area contributed by atoms with Gasteiger partial charge in [-0.2, -0.15) is 0 Å². The Kier molecular flexibility index (Phi) is 7.23. The molecule has 0 heterocycles. The van der Waals surface area contributed by atoms with Crippen LogP contribution in [-0.2, 0) is 0 Å². The van der Waals surface area contributed by atoms with Crippen molar-refractivity contribution in [1.82, 2.24) is 5.32 Å². The zero-order chi connectivity index (χ0) is 13.5. The predicted molar refractivity (Wildman–Crippen MR) is 86.8 cm³/mol. The Labute approximate surface area is 133 Å². The fourth-order valence-electron chi connectivity index (χ4n) is 1.45. The van der Waals surface area contributed by atoms with Crippen molar-refractivity contribution in [3.05, 3.63) is 24.8 Å². The molecule has 1 amide bonds. The fourth-order valence-corrected chi connectivity index (χ4v) is 3.29. The van der Waals surface area contributed by atoms with Crippen LogP contribution in [0.2, 0.25) is 0 Å². The first kappa shape index (κ1) is 16.0. The average Bonchev–Trinajstić information content (AvgIpc) is 2.33. The number of hydrogen-bond donors (Lipinski definition) is 3. The molecule has 0 aliphatic rings. The maximum atomic E-state index is 11.9. The van der Waals surface area contributed by atoms with Crippen LogP contribution in [0.1, 0.15) is 29.6 Å². The molecular formula is C12H15I2NO3. The minimum Gasteiger partial charge on any atom is -0.506 e. The van der Waals surface area contributed by atoms with Crippen LogP contribution >= 0.6 is 45.2 Å². The number of aliphatic hydroxyl groups excluding tert-OH is 1. The van der Waals surface area contributed by atoms with E-state index in [0.717, 1.165) is 22.8 Å². The summed E-state index contributed by atoms with van der Waals surface area (Å²) in [5.74, 6) is -0.225. The third-order valence-corrected chi connectivity index (χ3v) is 3.84. The third-order valence-electron chi connectivity index (χ3n) is 2.39. The van der Waals surface area contributed by atoms with Crippen molar-refractivity contribution < 1.29 is 15.0 Å². The van der Waals surface area contributed by atoms with Gasteiger partial charge in [-0.3, -0.25) is 4.79 Å². The highest BCUT2D eigenvalue weighted by Gasteiger charge is 2.14. The minimum atomic E-state index is -0.257. The van der Waals surface area contributed by atoms with Crippen LogP contribution in [0.3, 0.4) is 0 Å². The van der Waals surface area contributed by atoms with E-state index in [-0.39, 0.29) is 18.3 Å². The molecule has 0 atom stereocenters. The molecule has 0 saturated heterocycles. The van der Waals surface area contributed by atoms with Crippen LogP contribution in [0.15, 0.2) is 12.1 Å². The molecule has 100 valence electrons. The van der Waals surface area contributed by atoms with Crippen LogP contribution in [-0.4, -0.2) is 29.3 Å². The van der Waals surface area contributed by atoms with Gasteiger partial charge >= 0.3 is 0 Å². The number of amides is 1. The number of phenols is 1. The quantitative estimate of drug-likeness (QED) is 0.438. The average molecular weight is 475 g/mol. The minimum absolute atomic E-state index is 0.0314. The molecule has 1 rings (SSSR count). The largest absolute Gasteiger partial charge is 0.506 e. The van der Waals surface area contributed by atoms with Gasteiger partial charge in [0.25, 0.3) is 5.91 Å². The number of rotatable bonds is 6. The van der Waals surface area contributed by atoms with E-state index in [1.54, 1.807) is 6.07 Å². The Morgan fingerprint density at radius 3 is 2.61 bits per heavy atom. The highest BCUT2D eigenvalue weighted by molar-refractivity contribution is 14.1. The molecule has 0 aliphatic carbocycles. The molecule has 0 aromatic heterocycles. The second-order valence-electron chi connectivity index (χ2n) is 3.82. The molecule has 0 bridgehead atoms. The molecule has 0 aliphatic heterocycles. The maximum Gasteiger partial charge on any atom is 0.255 e. The van der Waals surface area contributed by atoms with Gasteiger partial charge in [-0.05, 0) is 76.6 Å². The van der Waals surface area contributed by atoms with Crippen LogP contribution in [0.5, 0.6) is 5.75 Å². The lowest BCUT2D eigenvalue weighted by atomic mass is 10.2. The van der Waals surface area contributed by atoms with E-state index in [1.807, 2.05) is 28.7 Å². The Balaban J connectivity index is 2.56. The molecule has 1 aromatic rings. The van der Waals surface area contributed by atoms with E-state index >= 15 is 0 Å². The van der Waals surface area contributed by atoms with Crippen LogP contribution in [0, 0.1) is 7.14 Å². The summed E-state index contributed by atoms with van der Waals surface area (Å²) in [5, 5.41) is 21.2. The maximum absolute atomic E-state index is 11.9. The van der Waals surface area contributed by atoms with Gasteiger partial charge < -0.3 is 15.5 Å². The number of aliphatic hydroxyl groups is 1. The van der Waals surface area contributed by atoms with E-state index in [0.29, 0.717) is 15.7 Å². The van der Waals surface area contributed by atoms with Gasteiger partial charge in [0.2, 0.25) is 0 Å². The number of aromatic hydroxyl groups is 1. The van der Waals surface area contributed by atoms with Crippen molar-refractivity contribution in [2.24, 2.45) is 0 Å². The highest BCUT2D eigenvalue weighted by Crippen LogP contribution is 2.26. The molecule has 0 fully saturated rings. The summed E-state index contributed by atoms with van der Waals surface area (Å²) < 4.78 is 1.59. The summed E-state index contributed by atoms with van der Waals surface area (Å²) in [6.45, 7) is 0.740. The van der Waals surface area contributed by atoms with E-state index in [1.165, 1.54) is 0 Å². The standard InChI is InChI=1S/C12H15I2NO3/c13-8-6-9(11(17)10(14)7-8)12(18)15-4-2-1-3-5-16/h6-7,16-17H,1-5H2,(H,15,18). The lowest BCUT2D eigenvalue weighted by Gasteiger charge is -2.08. The van der Waals surface area contributed by atoms with E-state index < -0.39 is 0 Å². The Bertz CT molecular complexity index is 424. The van der Waals surface area contributed by atoms with Gasteiger partial charge in [0.05, 0.1) is 9.13 Å². The van der Waals surface area contributed by atoms with Crippen LogP contribution in [0.4, 0.5) is 0 Å². The SMILES string of the molecule is O=C(NCCCCCO)c1cc(I)cc(I)c1O. The van der Waals surface area contributed by atoms with Gasteiger partial charge in [0.15, 0.2) is 0 Å². The highest BCUT2D eigenvalue weighted by atomic mass is 127. The molecule has 1 aromatic carbocycles. The smallest absolute Gasteiger partial charge is 0.255 e. The summed E-state index contributed by atoms with van der Waals surface area (Å²) in [4.78, 5) is 11.9. The normalized spacial score (nSPS) is 10.4. The van der Waals surface area contributed by atoms with Crippen molar-refractivity contribution in [3.63, 3.8) is 0 Å². The number of phenolic OH excluding ortho intramolecular Hbond substituents is 1. The second kappa shape index (κ2) is 8.16. The topological polar surface area (TPSA) is 69.6 Å². The van der Waals surface area contributed by atoms with Crippen LogP contribution in [0.25, 0.3) is 0 Å². The first-order valence-electron chi connectivity index (χ1n) is 5.63. The molecule has 18 heavy (non-hydrogen) atoms. The van der Waals surface area contributed by atoms with Gasteiger partial charge in [-0.15, -0.1) is 0 Å². The number of hydrogen-bond acceptors (Lipinski definition) is 3. The number of unbranched alkanes of at least 4 members (excludes halogenated alkanes) is 2. The van der Waals surface area contributed by atoms with E-state index in [2.05, 4.69) is 27.9 Å². The van der Waals surface area contributed by atoms with Gasteiger partial charge in [-0.1, -0.05) is 0 Å². The lowest BCUT2D eigenvalue weighted by molar-refractivity contribution is 0.0950. The summed E-state index contributed by atoms with van der Waals surface area (Å²) in [6.07, 6.45) is 2.46. The first-order valence-corrected chi connectivity index (χ1v) is 7.79. The lowest BCUT2D eigenvalue weighted by Crippen LogP contribution is -2.24. The van der Waals surface area contributed by atoms with Crippen molar-refractivity contribution >= 4 is 51.1 Å². The monoisotopic (exact) mass is 475 g/mol. The number of halogens is 2. The zero-order valence-corrected chi connectivity index (χ0v) is 14.1. The summed E-state index contributed by atoms with van der Waals surface area (Å²) in [7, 11) is 0.